The third-order valence-corrected chi connectivity index (χ3v) is 1.11. The van der Waals surface area contributed by atoms with E-state index in [0.717, 1.165) is 0 Å². The minimum Gasteiger partial charge on any atom is -0.833 e. The van der Waals surface area contributed by atoms with Crippen molar-refractivity contribution in [3.8, 4) is 0 Å². The van der Waals surface area contributed by atoms with Gasteiger partial charge in [-0.05, 0) is 0 Å². The van der Waals surface area contributed by atoms with Crippen molar-refractivity contribution in [1.82, 2.24) is 0 Å². The maximum atomic E-state index is 10.5. The molecule has 2 saturated heterocycles. The van der Waals surface area contributed by atoms with E-state index in [1.807, 2.05) is 0 Å². The molecule has 0 aromatic rings. The Bertz CT molecular complexity index is 162. The van der Waals surface area contributed by atoms with Gasteiger partial charge in [0.1, 0.15) is 0 Å². The summed E-state index contributed by atoms with van der Waals surface area (Å²) in [5, 5.41) is 29.2. The Labute approximate surface area is 165 Å². The van der Waals surface area contributed by atoms with Crippen molar-refractivity contribution in [3.05, 3.63) is 0 Å². The van der Waals surface area contributed by atoms with Crippen LogP contribution in [-0.4, -0.2) is 36.6 Å². The first-order chi connectivity index (χ1) is 6.65. The Morgan fingerprint density at radius 3 is 1.24 bits per heavy atom. The molecule has 0 radical (unpaired) electrons. The first-order valence-corrected chi connectivity index (χ1v) is 3.30. The van der Waals surface area contributed by atoms with Crippen LogP contribution in [0.5, 0.6) is 0 Å². The molecule has 2 heterocycles. The van der Waals surface area contributed by atoms with E-state index in [0.29, 0.717) is 0 Å². The molecule has 0 aromatic carbocycles. The third-order valence-electron chi connectivity index (χ3n) is 1.11. The first kappa shape index (κ1) is 24.6. The molecule has 0 unspecified atom stereocenters. The summed E-state index contributed by atoms with van der Waals surface area (Å²) in [6, 6.07) is 0. The second-order valence-corrected chi connectivity index (χ2v) is 1.93. The smallest absolute Gasteiger partial charge is 0.833 e. The Hall–Kier alpha value is 2.64. The van der Waals surface area contributed by atoms with Gasteiger partial charge in [-0.3, -0.25) is 0 Å². The second-order valence-electron chi connectivity index (χ2n) is 1.93. The van der Waals surface area contributed by atoms with Gasteiger partial charge >= 0.3 is 135 Å². The first-order valence-electron chi connectivity index (χ1n) is 3.30. The molecule has 0 saturated carbocycles. The van der Waals surface area contributed by atoms with Crippen LogP contribution < -0.4 is 104 Å². The predicted octanol–water partition coefficient (Wildman–Crippen LogP) is -14.9. The van der Waals surface area contributed by atoms with Crippen LogP contribution in [0.2, 0.25) is 0 Å². The second kappa shape index (κ2) is 13.6. The number of hydrogen-bond acceptors (Lipinski definition) is 9. The molecule has 2 aliphatic heterocycles. The van der Waals surface area contributed by atoms with Gasteiger partial charge in [-0.2, -0.15) is 0 Å². The monoisotopic (exact) mass is 268 g/mol. The summed E-state index contributed by atoms with van der Waals surface area (Å²) in [5.74, 6) is 0. The van der Waals surface area contributed by atoms with E-state index < -0.39 is 36.6 Å². The van der Waals surface area contributed by atoms with Gasteiger partial charge in [0.2, 0.25) is 0 Å². The van der Waals surface area contributed by atoms with Gasteiger partial charge in [-0.15, -0.1) is 0 Å². The molecule has 2 bridgehead atoms. The van der Waals surface area contributed by atoms with Crippen LogP contribution in [0.3, 0.4) is 0 Å². The molecule has 0 spiro atoms. The summed E-state index contributed by atoms with van der Waals surface area (Å²) in [6.07, 6.45) is 0. The van der Waals surface area contributed by atoms with E-state index in [1.165, 1.54) is 0 Å². The van der Waals surface area contributed by atoms with E-state index in [2.05, 4.69) is 22.9 Å². The molecule has 2 aliphatic rings. The predicted molar refractivity (Wildman–Crippen MR) is 34.9 cm³/mol. The van der Waals surface area contributed by atoms with Crippen molar-refractivity contribution >= 4 is 36.6 Å². The number of hydrogen-bond donors (Lipinski definition) is 0. The van der Waals surface area contributed by atoms with Crippen LogP contribution in [0.1, 0.15) is 0 Å². The van der Waals surface area contributed by atoms with Gasteiger partial charge in [0.05, 0.1) is 0 Å². The SMILES string of the molecule is O=B[O-].[Na+].[Na+].[Na+].[O-]B1OB2OB([O-])OB(O1)O2. The molecule has 0 aromatic heterocycles. The third kappa shape index (κ3) is 10.1. The fraction of sp³-hybridized carbons (Fsp3) is 0. The molecule has 0 aliphatic carbocycles. The molecule has 9 nitrogen and oxygen atoms in total. The Balaban J connectivity index is -0.000000300. The fourth-order valence-corrected chi connectivity index (χ4v) is 0.710. The van der Waals surface area contributed by atoms with Crippen LogP contribution in [0.25, 0.3) is 0 Å². The van der Waals surface area contributed by atoms with Crippen molar-refractivity contribution in [3.63, 3.8) is 0 Å². The molecule has 2 rings (SSSR count). The molecule has 0 amide bonds. The molecular formula is B5Na3O9. The molecule has 17 heteroatoms. The summed E-state index contributed by atoms with van der Waals surface area (Å²) in [4.78, 5) is 0. The van der Waals surface area contributed by atoms with E-state index in [-0.39, 0.29) is 88.7 Å². The van der Waals surface area contributed by atoms with Crippen molar-refractivity contribution in [2.45, 2.75) is 0 Å². The summed E-state index contributed by atoms with van der Waals surface area (Å²) in [5.41, 5.74) is 0. The van der Waals surface area contributed by atoms with Crippen molar-refractivity contribution < 1.29 is 131 Å². The standard InChI is InChI=1S/B4O7.BO2.3Na/c5-1-7-3-9-2(6)10-4(8-1)11-3;2-1-3;;;/q-2;-1;3*+1. The maximum absolute atomic E-state index is 10.5. The van der Waals surface area contributed by atoms with Gasteiger partial charge < -0.3 is 32.9 Å². The summed E-state index contributed by atoms with van der Waals surface area (Å²) in [6.45, 7) is 0. The van der Waals surface area contributed by atoms with Gasteiger partial charge in [0.25, 0.3) is 0 Å². The van der Waals surface area contributed by atoms with E-state index >= 15 is 0 Å². The minimum absolute atomic E-state index is 0. The van der Waals surface area contributed by atoms with Crippen LogP contribution in [0.4, 0.5) is 0 Å². The zero-order valence-electron chi connectivity index (χ0n) is 9.56. The fourth-order valence-electron chi connectivity index (χ4n) is 0.710. The Morgan fingerprint density at radius 2 is 1.00 bits per heavy atom. The zero-order valence-corrected chi connectivity index (χ0v) is 15.6. The maximum Gasteiger partial charge on any atom is 1.00 e. The van der Waals surface area contributed by atoms with Crippen LogP contribution in [-0.2, 0) is 27.6 Å². The Morgan fingerprint density at radius 1 is 0.765 bits per heavy atom. The van der Waals surface area contributed by atoms with Crippen molar-refractivity contribution in [2.24, 2.45) is 0 Å². The minimum atomic E-state index is -1.73. The molecule has 17 heavy (non-hydrogen) atoms. The summed E-state index contributed by atoms with van der Waals surface area (Å²) < 4.78 is 30.1. The molecular weight excluding hydrogens is 267 g/mol. The average Bonchev–Trinajstić information content (AvgIpc) is 2.01. The number of fused-ring (bicyclic) bond motifs is 2. The average molecular weight is 267 g/mol. The largest absolute Gasteiger partial charge is 1.00 e. The van der Waals surface area contributed by atoms with E-state index in [9.17, 15) is 10.0 Å². The number of rotatable bonds is 0. The van der Waals surface area contributed by atoms with Crippen LogP contribution >= 0.6 is 0 Å². The molecule has 0 atom stereocenters. The Kier molecular flexibility index (Phi) is 19.7. The van der Waals surface area contributed by atoms with E-state index in [4.69, 9.17) is 9.73 Å². The van der Waals surface area contributed by atoms with E-state index in [1.54, 1.807) is 0 Å². The molecule has 2 fully saturated rings. The van der Waals surface area contributed by atoms with Crippen LogP contribution in [0, 0.1) is 0 Å². The van der Waals surface area contributed by atoms with Crippen molar-refractivity contribution in [2.75, 3.05) is 0 Å². The van der Waals surface area contributed by atoms with Crippen LogP contribution in [0.15, 0.2) is 0 Å². The molecule has 0 N–H and O–H groups in total. The zero-order chi connectivity index (χ0) is 10.6. The van der Waals surface area contributed by atoms with Crippen molar-refractivity contribution in [1.29, 1.82) is 0 Å². The summed E-state index contributed by atoms with van der Waals surface area (Å²) >= 11 is 0. The van der Waals surface area contributed by atoms with Gasteiger partial charge in [-0.1, -0.05) is 0 Å². The topological polar surface area (TPSA) is 132 Å². The van der Waals surface area contributed by atoms with Gasteiger partial charge in [-0.25, -0.2) is 0 Å². The summed E-state index contributed by atoms with van der Waals surface area (Å²) in [7, 11) is -6.50. The van der Waals surface area contributed by atoms with Gasteiger partial charge in [0.15, 0.2) is 0 Å². The normalized spacial score (nSPS) is 16.4. The van der Waals surface area contributed by atoms with Gasteiger partial charge in [0, 0.05) is 0 Å². The molecule has 72 valence electrons. The quantitative estimate of drug-likeness (QED) is 0.392.